The first kappa shape index (κ1) is 14.4. The topological polar surface area (TPSA) is 66.4 Å². The number of benzene rings is 1. The van der Waals surface area contributed by atoms with E-state index in [0.717, 1.165) is 12.1 Å². The number of aliphatic hydroxyl groups is 1. The molecule has 4 nitrogen and oxygen atoms in total. The van der Waals surface area contributed by atoms with Crippen LogP contribution < -0.4 is 4.72 Å². The summed E-state index contributed by atoms with van der Waals surface area (Å²) >= 11 is 0. The Bertz CT molecular complexity index is 614. The maximum Gasteiger partial charge on any atom is 0.243 e. The molecule has 0 saturated heterocycles. The SMILES string of the molecule is CC1(C)CC1NS(=O)(=O)c1cc(CO)cc(F)c1F. The predicted octanol–water partition coefficient (Wildman–Crippen LogP) is 1.53. The summed E-state index contributed by atoms with van der Waals surface area (Å²) in [4.78, 5) is -0.765. The van der Waals surface area contributed by atoms with Gasteiger partial charge in [-0.1, -0.05) is 13.8 Å². The summed E-state index contributed by atoms with van der Waals surface area (Å²) in [6, 6.07) is 1.43. The minimum atomic E-state index is -4.13. The van der Waals surface area contributed by atoms with E-state index >= 15 is 0 Å². The summed E-state index contributed by atoms with van der Waals surface area (Å²) < 4.78 is 53.2. The van der Waals surface area contributed by atoms with E-state index in [-0.39, 0.29) is 17.0 Å². The third-order valence-corrected chi connectivity index (χ3v) is 4.81. The van der Waals surface area contributed by atoms with E-state index in [1.165, 1.54) is 0 Å². The molecule has 0 bridgehead atoms. The smallest absolute Gasteiger partial charge is 0.243 e. The molecule has 0 spiro atoms. The quantitative estimate of drug-likeness (QED) is 0.884. The largest absolute Gasteiger partial charge is 0.392 e. The molecular formula is C12H15F2NO3S. The lowest BCUT2D eigenvalue weighted by Gasteiger charge is -2.10. The Morgan fingerprint density at radius 2 is 2.00 bits per heavy atom. The lowest BCUT2D eigenvalue weighted by Crippen LogP contribution is -2.29. The van der Waals surface area contributed by atoms with E-state index in [1.54, 1.807) is 0 Å². The van der Waals surface area contributed by atoms with Gasteiger partial charge in [-0.3, -0.25) is 0 Å². The van der Waals surface area contributed by atoms with E-state index in [4.69, 9.17) is 5.11 Å². The second kappa shape index (κ2) is 4.50. The third kappa shape index (κ3) is 2.77. The zero-order chi connectivity index (χ0) is 14.4. The molecular weight excluding hydrogens is 276 g/mol. The number of sulfonamides is 1. The molecule has 106 valence electrons. The average Bonchev–Trinajstić information content (AvgIpc) is 2.88. The van der Waals surface area contributed by atoms with Crippen molar-refractivity contribution in [1.82, 2.24) is 4.72 Å². The van der Waals surface area contributed by atoms with Crippen LogP contribution in [0.4, 0.5) is 8.78 Å². The van der Waals surface area contributed by atoms with Crippen molar-refractivity contribution in [1.29, 1.82) is 0 Å². The molecule has 1 aliphatic rings. The van der Waals surface area contributed by atoms with Crippen molar-refractivity contribution in [3.63, 3.8) is 0 Å². The van der Waals surface area contributed by atoms with E-state index in [0.29, 0.717) is 6.42 Å². The van der Waals surface area contributed by atoms with E-state index in [1.807, 2.05) is 13.8 Å². The average molecular weight is 291 g/mol. The van der Waals surface area contributed by atoms with Crippen molar-refractivity contribution in [2.75, 3.05) is 0 Å². The standard InChI is InChI=1S/C12H15F2NO3S/c1-12(2)5-10(12)15-19(17,18)9-4-7(6-16)3-8(13)11(9)14/h3-4,10,15-16H,5-6H2,1-2H3. The fourth-order valence-electron chi connectivity index (χ4n) is 1.82. The lowest BCUT2D eigenvalue weighted by molar-refractivity contribution is 0.280. The van der Waals surface area contributed by atoms with Gasteiger partial charge in [0.15, 0.2) is 11.6 Å². The minimum absolute atomic E-state index is 0.00864. The van der Waals surface area contributed by atoms with Crippen molar-refractivity contribution in [2.45, 2.75) is 37.8 Å². The molecule has 1 saturated carbocycles. The molecule has 2 N–H and O–H groups in total. The summed E-state index contributed by atoms with van der Waals surface area (Å²) in [5, 5.41) is 8.92. The van der Waals surface area contributed by atoms with Gasteiger partial charge in [-0.05, 0) is 29.5 Å². The van der Waals surface area contributed by atoms with Crippen LogP contribution in [0.3, 0.4) is 0 Å². The molecule has 1 aliphatic carbocycles. The minimum Gasteiger partial charge on any atom is -0.392 e. The second-order valence-corrected chi connectivity index (χ2v) is 7.10. The van der Waals surface area contributed by atoms with Crippen LogP contribution in [0.15, 0.2) is 17.0 Å². The lowest BCUT2D eigenvalue weighted by atomic mass is 10.2. The van der Waals surface area contributed by atoms with Crippen LogP contribution >= 0.6 is 0 Å². The first-order valence-corrected chi connectivity index (χ1v) is 7.27. The Morgan fingerprint density at radius 1 is 1.42 bits per heavy atom. The maximum atomic E-state index is 13.6. The zero-order valence-electron chi connectivity index (χ0n) is 10.6. The highest BCUT2D eigenvalue weighted by Gasteiger charge is 2.48. The molecule has 1 fully saturated rings. The highest BCUT2D eigenvalue weighted by atomic mass is 32.2. The number of hydrogen-bond acceptors (Lipinski definition) is 3. The van der Waals surface area contributed by atoms with Gasteiger partial charge in [-0.2, -0.15) is 0 Å². The zero-order valence-corrected chi connectivity index (χ0v) is 11.4. The number of aliphatic hydroxyl groups excluding tert-OH is 1. The second-order valence-electron chi connectivity index (χ2n) is 5.41. The van der Waals surface area contributed by atoms with E-state index in [9.17, 15) is 17.2 Å². The molecule has 1 unspecified atom stereocenters. The first-order chi connectivity index (χ1) is 8.67. The molecule has 0 aromatic heterocycles. The van der Waals surface area contributed by atoms with E-state index in [2.05, 4.69) is 4.72 Å². The molecule has 0 radical (unpaired) electrons. The summed E-state index contributed by atoms with van der Waals surface area (Å²) in [7, 11) is -4.13. The van der Waals surface area contributed by atoms with Gasteiger partial charge in [-0.15, -0.1) is 0 Å². The van der Waals surface area contributed by atoms with Crippen molar-refractivity contribution in [3.05, 3.63) is 29.3 Å². The molecule has 7 heteroatoms. The van der Waals surface area contributed by atoms with Crippen LogP contribution in [-0.4, -0.2) is 19.6 Å². The van der Waals surface area contributed by atoms with Gasteiger partial charge < -0.3 is 5.11 Å². The fraction of sp³-hybridized carbons (Fsp3) is 0.500. The van der Waals surface area contributed by atoms with Crippen molar-refractivity contribution in [3.8, 4) is 0 Å². The van der Waals surface area contributed by atoms with Gasteiger partial charge in [0, 0.05) is 6.04 Å². The molecule has 19 heavy (non-hydrogen) atoms. The van der Waals surface area contributed by atoms with Crippen LogP contribution in [0.25, 0.3) is 0 Å². The summed E-state index contributed by atoms with van der Waals surface area (Å²) in [5.74, 6) is -2.72. The van der Waals surface area contributed by atoms with Crippen LogP contribution in [-0.2, 0) is 16.6 Å². The first-order valence-electron chi connectivity index (χ1n) is 5.78. The molecule has 2 rings (SSSR count). The normalized spacial score (nSPS) is 21.4. The van der Waals surface area contributed by atoms with Gasteiger partial charge >= 0.3 is 0 Å². The van der Waals surface area contributed by atoms with Crippen LogP contribution in [0, 0.1) is 17.0 Å². The third-order valence-electron chi connectivity index (χ3n) is 3.34. The number of rotatable bonds is 4. The van der Waals surface area contributed by atoms with Crippen LogP contribution in [0.1, 0.15) is 25.8 Å². The Balaban J connectivity index is 2.37. The van der Waals surface area contributed by atoms with Crippen LogP contribution in [0.5, 0.6) is 0 Å². The Hall–Kier alpha value is -1.05. The number of hydrogen-bond donors (Lipinski definition) is 2. The van der Waals surface area contributed by atoms with Gasteiger partial charge in [0.2, 0.25) is 10.0 Å². The molecule has 0 aliphatic heterocycles. The Labute approximate surface area is 110 Å². The fourth-order valence-corrected chi connectivity index (χ4v) is 3.37. The van der Waals surface area contributed by atoms with Gasteiger partial charge in [-0.25, -0.2) is 21.9 Å². The van der Waals surface area contributed by atoms with Gasteiger partial charge in [0.1, 0.15) is 4.90 Å². The number of nitrogens with one attached hydrogen (secondary N) is 1. The molecule has 1 atom stereocenters. The van der Waals surface area contributed by atoms with E-state index < -0.39 is 33.2 Å². The highest BCUT2D eigenvalue weighted by Crippen LogP contribution is 2.45. The summed E-state index contributed by atoms with van der Waals surface area (Å²) in [5.41, 5.74) is -0.161. The van der Waals surface area contributed by atoms with Crippen molar-refractivity contribution in [2.24, 2.45) is 5.41 Å². The molecule has 0 amide bonds. The number of halogens is 2. The maximum absolute atomic E-state index is 13.6. The Morgan fingerprint density at radius 3 is 2.47 bits per heavy atom. The van der Waals surface area contributed by atoms with Gasteiger partial charge in [0.05, 0.1) is 6.61 Å². The summed E-state index contributed by atoms with van der Waals surface area (Å²) in [6.45, 7) is 3.19. The van der Waals surface area contributed by atoms with Crippen LogP contribution in [0.2, 0.25) is 0 Å². The highest BCUT2D eigenvalue weighted by molar-refractivity contribution is 7.89. The summed E-state index contributed by atoms with van der Waals surface area (Å²) in [6.07, 6.45) is 0.649. The molecule has 1 aromatic rings. The predicted molar refractivity (Wildman–Crippen MR) is 64.8 cm³/mol. The van der Waals surface area contributed by atoms with Gasteiger partial charge in [0.25, 0.3) is 0 Å². The van der Waals surface area contributed by atoms with Crippen molar-refractivity contribution < 1.29 is 22.3 Å². The van der Waals surface area contributed by atoms with Crippen molar-refractivity contribution >= 4 is 10.0 Å². The molecule has 1 aromatic carbocycles. The Kier molecular flexibility index (Phi) is 3.40. The monoisotopic (exact) mass is 291 g/mol. The molecule has 0 heterocycles.